The van der Waals surface area contributed by atoms with Crippen molar-refractivity contribution in [3.8, 4) is 0 Å². The monoisotopic (exact) mass is 535 g/mol. The molecule has 0 saturated carbocycles. The molecule has 0 saturated heterocycles. The summed E-state index contributed by atoms with van der Waals surface area (Å²) in [5.74, 6) is 0.401. The number of aromatic amines is 1. The van der Waals surface area contributed by atoms with Crippen LogP contribution in [0.2, 0.25) is 5.02 Å². The highest BCUT2D eigenvalue weighted by molar-refractivity contribution is 6.31. The van der Waals surface area contributed by atoms with Gasteiger partial charge in [0.05, 0.1) is 17.1 Å². The highest BCUT2D eigenvalue weighted by Gasteiger charge is 2.33. The fourth-order valence-corrected chi connectivity index (χ4v) is 3.85. The molecule has 1 aliphatic heterocycles. The number of nitrogens with zero attached hydrogens (tertiary/aromatic N) is 3. The van der Waals surface area contributed by atoms with Crippen LogP contribution in [0.25, 0.3) is 0 Å². The summed E-state index contributed by atoms with van der Waals surface area (Å²) in [7, 11) is 1.68. The zero-order valence-electron chi connectivity index (χ0n) is 19.9. The molecule has 0 radical (unpaired) electrons. The smallest absolute Gasteiger partial charge is 0.352 e. The molecule has 3 aromatic rings. The van der Waals surface area contributed by atoms with Gasteiger partial charge in [-0.2, -0.15) is 18.3 Å². The summed E-state index contributed by atoms with van der Waals surface area (Å²) in [6.45, 7) is 3.60. The number of carbonyl (C=O) groups is 1. The summed E-state index contributed by atoms with van der Waals surface area (Å²) in [6.07, 6.45) is -4.67. The van der Waals surface area contributed by atoms with E-state index >= 15 is 0 Å². The van der Waals surface area contributed by atoms with Crippen molar-refractivity contribution < 1.29 is 22.4 Å². The van der Waals surface area contributed by atoms with Gasteiger partial charge in [0.2, 0.25) is 0 Å². The van der Waals surface area contributed by atoms with Crippen LogP contribution in [0.15, 0.2) is 59.1 Å². The van der Waals surface area contributed by atoms with E-state index in [4.69, 9.17) is 11.6 Å². The second-order valence-corrected chi connectivity index (χ2v) is 8.81. The Balaban J connectivity index is 1.55. The first-order valence-corrected chi connectivity index (χ1v) is 11.3. The Labute approximate surface area is 214 Å². The molecule has 0 spiro atoms. The van der Waals surface area contributed by atoms with Gasteiger partial charge >= 0.3 is 12.2 Å². The summed E-state index contributed by atoms with van der Waals surface area (Å²) >= 11 is 5.63. The number of aliphatic imine (C=N–C) groups is 1. The van der Waals surface area contributed by atoms with Gasteiger partial charge in [-0.25, -0.2) is 14.2 Å². The third-order valence-electron chi connectivity index (χ3n) is 5.43. The first-order valence-electron chi connectivity index (χ1n) is 10.9. The molecule has 8 nitrogen and oxygen atoms in total. The largest absolute Gasteiger partial charge is 0.417 e. The van der Waals surface area contributed by atoms with Gasteiger partial charge in [-0.1, -0.05) is 17.7 Å². The minimum atomic E-state index is -4.67. The van der Waals surface area contributed by atoms with Gasteiger partial charge in [0, 0.05) is 35.7 Å². The van der Waals surface area contributed by atoms with Crippen molar-refractivity contribution in [2.45, 2.75) is 20.0 Å². The number of H-pyrrole nitrogens is 1. The van der Waals surface area contributed by atoms with Crippen LogP contribution in [0, 0.1) is 13.8 Å². The molecule has 1 aromatic heterocycles. The second kappa shape index (κ2) is 10.1. The first-order chi connectivity index (χ1) is 17.4. The normalized spacial score (nSPS) is 13.9. The Morgan fingerprint density at radius 3 is 2.41 bits per heavy atom. The van der Waals surface area contributed by atoms with Crippen molar-refractivity contribution in [1.29, 1.82) is 0 Å². The molecule has 13 heteroatoms. The van der Waals surface area contributed by atoms with Crippen LogP contribution in [0.1, 0.15) is 22.4 Å². The predicted octanol–water partition coefficient (Wildman–Crippen LogP) is 6.29. The van der Waals surface area contributed by atoms with E-state index in [-0.39, 0.29) is 18.1 Å². The first kappa shape index (κ1) is 26.0. The Bertz CT molecular complexity index is 1410. The average molecular weight is 536 g/mol. The van der Waals surface area contributed by atoms with Crippen molar-refractivity contribution >= 4 is 40.7 Å². The average Bonchev–Trinajstić information content (AvgIpc) is 3.22. The van der Waals surface area contributed by atoms with Crippen molar-refractivity contribution in [1.82, 2.24) is 15.1 Å². The van der Waals surface area contributed by atoms with Crippen molar-refractivity contribution in [2.24, 2.45) is 4.99 Å². The number of urea groups is 1. The highest BCUT2D eigenvalue weighted by atomic mass is 35.5. The van der Waals surface area contributed by atoms with Gasteiger partial charge in [0.15, 0.2) is 17.5 Å². The highest BCUT2D eigenvalue weighted by Crippen LogP contribution is 2.36. The molecule has 37 heavy (non-hydrogen) atoms. The summed E-state index contributed by atoms with van der Waals surface area (Å²) in [4.78, 5) is 18.6. The van der Waals surface area contributed by atoms with E-state index in [1.165, 1.54) is 6.07 Å². The number of carbonyl (C=O) groups excluding carboxylic acids is 1. The third-order valence-corrected chi connectivity index (χ3v) is 5.76. The molecule has 0 aliphatic carbocycles. The van der Waals surface area contributed by atoms with Crippen LogP contribution in [-0.4, -0.2) is 40.6 Å². The maximum Gasteiger partial charge on any atom is 0.417 e. The number of rotatable bonds is 5. The van der Waals surface area contributed by atoms with Gasteiger partial charge in [-0.05, 0) is 49.7 Å². The number of hydrogen-bond acceptors (Lipinski definition) is 5. The number of amidine groups is 1. The summed E-state index contributed by atoms with van der Waals surface area (Å²) < 4.78 is 54.0. The fourth-order valence-electron chi connectivity index (χ4n) is 3.63. The number of amides is 2. The summed E-state index contributed by atoms with van der Waals surface area (Å²) in [5, 5.41) is 14.2. The lowest BCUT2D eigenvalue weighted by atomic mass is 10.1. The van der Waals surface area contributed by atoms with E-state index < -0.39 is 28.6 Å². The van der Waals surface area contributed by atoms with Crippen LogP contribution in [0.4, 0.5) is 39.5 Å². The fraction of sp³-hybridized carbons (Fsp3) is 0.208. The Hall–Kier alpha value is -4.06. The number of anilines is 3. The van der Waals surface area contributed by atoms with Crippen molar-refractivity contribution in [3.05, 3.63) is 81.5 Å². The molecule has 0 fully saturated rings. The standard InChI is InChI=1S/C24H22ClF4N7O/c1-12-4-5-14(30-23(37)31-15-6-7-18(25)17(10-15)24(27,28)29)9-16(12)22-33-21(19(26)11-36(22)3)32-20-8-13(2)34-35-20/h4-10H,11H2,1-3H3,(H2,30,31,37)(H2,32,34,35). The zero-order chi connectivity index (χ0) is 26.9. The SMILES string of the molecule is Cc1cc(NC2=C(F)CN(C)C(c3cc(NC(=O)Nc4ccc(Cl)c(C(F)(F)F)c4)ccc3C)=N2)n[nH]1. The van der Waals surface area contributed by atoms with E-state index in [1.807, 2.05) is 13.8 Å². The Morgan fingerprint density at radius 1 is 1.08 bits per heavy atom. The van der Waals surface area contributed by atoms with Crippen LogP contribution < -0.4 is 16.0 Å². The van der Waals surface area contributed by atoms with Gasteiger partial charge in [0.1, 0.15) is 5.84 Å². The van der Waals surface area contributed by atoms with E-state index in [0.29, 0.717) is 22.9 Å². The van der Waals surface area contributed by atoms with E-state index in [9.17, 15) is 22.4 Å². The zero-order valence-corrected chi connectivity index (χ0v) is 20.6. The van der Waals surface area contributed by atoms with Gasteiger partial charge in [-0.15, -0.1) is 0 Å². The van der Waals surface area contributed by atoms with Gasteiger partial charge in [-0.3, -0.25) is 5.10 Å². The molecule has 4 N–H and O–H groups in total. The number of aromatic nitrogens is 2. The minimum Gasteiger partial charge on any atom is -0.352 e. The van der Waals surface area contributed by atoms with Crippen LogP contribution in [0.3, 0.4) is 0 Å². The molecule has 1 aliphatic rings. The number of hydrogen-bond donors (Lipinski definition) is 4. The summed E-state index contributed by atoms with van der Waals surface area (Å²) in [6, 6.07) is 9.05. The lowest BCUT2D eigenvalue weighted by Crippen LogP contribution is -2.34. The van der Waals surface area contributed by atoms with E-state index in [1.54, 1.807) is 36.2 Å². The third kappa shape index (κ3) is 6.02. The maximum atomic E-state index is 14.7. The molecule has 4 rings (SSSR count). The minimum absolute atomic E-state index is 0.0123. The summed E-state index contributed by atoms with van der Waals surface area (Å²) in [5.41, 5.74) is 1.44. The van der Waals surface area contributed by atoms with Crippen molar-refractivity contribution in [2.75, 3.05) is 29.5 Å². The molecule has 0 unspecified atom stereocenters. The number of aryl methyl sites for hydroxylation is 2. The van der Waals surface area contributed by atoms with Crippen LogP contribution in [-0.2, 0) is 6.18 Å². The molecular weight excluding hydrogens is 514 g/mol. The Kier molecular flexibility index (Phi) is 7.12. The lowest BCUT2D eigenvalue weighted by molar-refractivity contribution is -0.137. The number of nitrogens with one attached hydrogen (secondary N) is 4. The molecule has 194 valence electrons. The van der Waals surface area contributed by atoms with E-state index in [2.05, 4.69) is 31.1 Å². The molecule has 2 aromatic carbocycles. The topological polar surface area (TPSA) is 97.4 Å². The predicted molar refractivity (Wildman–Crippen MR) is 135 cm³/mol. The molecule has 0 atom stereocenters. The number of alkyl halides is 3. The van der Waals surface area contributed by atoms with Gasteiger partial charge in [0.25, 0.3) is 0 Å². The van der Waals surface area contributed by atoms with Crippen molar-refractivity contribution in [3.63, 3.8) is 0 Å². The number of benzene rings is 2. The maximum absolute atomic E-state index is 14.7. The molecule has 2 heterocycles. The van der Waals surface area contributed by atoms with E-state index in [0.717, 1.165) is 23.4 Å². The van der Waals surface area contributed by atoms with Gasteiger partial charge < -0.3 is 20.9 Å². The number of likely N-dealkylation sites (N-methyl/N-ethyl adjacent to an activating group) is 1. The lowest BCUT2D eigenvalue weighted by Gasteiger charge is -2.27. The second-order valence-electron chi connectivity index (χ2n) is 8.41. The molecule has 2 amide bonds. The number of halogens is 5. The van der Waals surface area contributed by atoms with Crippen LogP contribution in [0.5, 0.6) is 0 Å². The molecule has 0 bridgehead atoms. The Morgan fingerprint density at radius 2 is 1.76 bits per heavy atom. The molecular formula is C24H22ClF4N7O. The quantitative estimate of drug-likeness (QED) is 0.289. The van der Waals surface area contributed by atoms with Crippen LogP contribution >= 0.6 is 11.6 Å².